The Kier molecular flexibility index (Phi) is 4.07. The number of carbonyl (C=O) groups is 1. The average Bonchev–Trinajstić information content (AvgIpc) is 3.27. The van der Waals surface area contributed by atoms with Crippen LogP contribution in [0.25, 0.3) is 0 Å². The SMILES string of the molecule is CCN1C(=O)C2(C(C#N)=C(N)OC3NNC(c4ccc(F)cc4)C32)c2ccccc21. The summed E-state index contributed by atoms with van der Waals surface area (Å²) in [7, 11) is 0. The first-order chi connectivity index (χ1) is 14.5. The predicted octanol–water partition coefficient (Wildman–Crippen LogP) is 1.95. The minimum Gasteiger partial charge on any atom is -0.458 e. The smallest absolute Gasteiger partial charge is 0.243 e. The van der Waals surface area contributed by atoms with Gasteiger partial charge in [-0.3, -0.25) is 4.79 Å². The van der Waals surface area contributed by atoms with Gasteiger partial charge in [0.1, 0.15) is 22.9 Å². The molecule has 0 radical (unpaired) electrons. The van der Waals surface area contributed by atoms with E-state index in [1.54, 1.807) is 17.0 Å². The standard InChI is InChI=1S/C22H20FN5O2/c1-2-28-16-6-4-3-5-14(16)22(21(28)29)15(11-24)19(25)30-20-17(22)18(26-27-20)12-7-9-13(23)10-8-12/h3-10,17-18,20,26-27H,2,25H2,1H3. The van der Waals surface area contributed by atoms with E-state index >= 15 is 0 Å². The normalized spacial score (nSPS) is 29.6. The van der Waals surface area contributed by atoms with E-state index in [4.69, 9.17) is 10.5 Å². The van der Waals surface area contributed by atoms with Gasteiger partial charge in [-0.05, 0) is 36.2 Å². The van der Waals surface area contributed by atoms with E-state index in [9.17, 15) is 14.4 Å². The zero-order valence-electron chi connectivity index (χ0n) is 16.2. The Balaban J connectivity index is 1.79. The van der Waals surface area contributed by atoms with Crippen LogP contribution in [0.1, 0.15) is 24.1 Å². The molecular formula is C22H20FN5O2. The minimum atomic E-state index is -1.32. The van der Waals surface area contributed by atoms with E-state index in [0.717, 1.165) is 16.8 Å². The fourth-order valence-corrected chi connectivity index (χ4v) is 5.12. The molecule has 2 aromatic rings. The number of nitrogens with one attached hydrogen (secondary N) is 2. The summed E-state index contributed by atoms with van der Waals surface area (Å²) in [5, 5.41) is 10.1. The molecule has 1 amide bonds. The van der Waals surface area contributed by atoms with Crippen molar-refractivity contribution in [2.45, 2.75) is 24.6 Å². The van der Waals surface area contributed by atoms with Crippen LogP contribution in [-0.2, 0) is 14.9 Å². The van der Waals surface area contributed by atoms with E-state index < -0.39 is 23.6 Å². The third kappa shape index (κ3) is 2.22. The number of fused-ring (bicyclic) bond motifs is 4. The number of nitrogens with two attached hydrogens (primary N) is 1. The van der Waals surface area contributed by atoms with Gasteiger partial charge >= 0.3 is 0 Å². The lowest BCUT2D eigenvalue weighted by atomic mass is 9.62. The number of hydrazine groups is 1. The van der Waals surface area contributed by atoms with Crippen molar-refractivity contribution >= 4 is 11.6 Å². The summed E-state index contributed by atoms with van der Waals surface area (Å²) in [4.78, 5) is 15.7. The van der Waals surface area contributed by atoms with Crippen LogP contribution in [0.5, 0.6) is 0 Å². The molecule has 1 spiro atoms. The number of anilines is 1. The van der Waals surface area contributed by atoms with Crippen LogP contribution in [0.4, 0.5) is 10.1 Å². The number of benzene rings is 2. The van der Waals surface area contributed by atoms with Crippen molar-refractivity contribution in [1.29, 1.82) is 5.26 Å². The molecule has 0 saturated carbocycles. The predicted molar refractivity (Wildman–Crippen MR) is 107 cm³/mol. The molecule has 4 N–H and O–H groups in total. The van der Waals surface area contributed by atoms with E-state index in [2.05, 4.69) is 16.9 Å². The van der Waals surface area contributed by atoms with Gasteiger partial charge in [-0.15, -0.1) is 0 Å². The molecule has 0 aliphatic carbocycles. The van der Waals surface area contributed by atoms with Crippen molar-refractivity contribution in [3.63, 3.8) is 0 Å². The number of halogens is 1. The summed E-state index contributed by atoms with van der Waals surface area (Å²) in [6.45, 7) is 2.35. The number of amides is 1. The molecule has 0 aromatic heterocycles. The number of ether oxygens (including phenoxy) is 1. The molecule has 3 aliphatic heterocycles. The molecule has 4 unspecified atom stereocenters. The Morgan fingerprint density at radius 3 is 2.67 bits per heavy atom. The molecule has 7 nitrogen and oxygen atoms in total. The molecule has 1 fully saturated rings. The van der Waals surface area contributed by atoms with Crippen LogP contribution in [0.15, 0.2) is 60.0 Å². The highest BCUT2D eigenvalue weighted by Crippen LogP contribution is 2.58. The second-order valence-electron chi connectivity index (χ2n) is 7.61. The Morgan fingerprint density at radius 1 is 1.23 bits per heavy atom. The first kappa shape index (κ1) is 18.6. The van der Waals surface area contributed by atoms with Crippen LogP contribution < -0.4 is 21.5 Å². The summed E-state index contributed by atoms with van der Waals surface area (Å²) < 4.78 is 19.4. The van der Waals surface area contributed by atoms with E-state index in [1.165, 1.54) is 12.1 Å². The molecule has 4 atom stereocenters. The summed E-state index contributed by atoms with van der Waals surface area (Å²) in [6, 6.07) is 15.3. The van der Waals surface area contributed by atoms with Crippen LogP contribution >= 0.6 is 0 Å². The van der Waals surface area contributed by atoms with Crippen LogP contribution in [0, 0.1) is 23.1 Å². The average molecular weight is 405 g/mol. The zero-order chi connectivity index (χ0) is 21.0. The highest BCUT2D eigenvalue weighted by atomic mass is 19.1. The van der Waals surface area contributed by atoms with Crippen molar-refractivity contribution in [3.05, 3.63) is 76.9 Å². The molecule has 1 saturated heterocycles. The van der Waals surface area contributed by atoms with Crippen molar-refractivity contribution in [2.24, 2.45) is 11.7 Å². The van der Waals surface area contributed by atoms with Crippen molar-refractivity contribution < 1.29 is 13.9 Å². The van der Waals surface area contributed by atoms with Crippen LogP contribution in [0.2, 0.25) is 0 Å². The maximum atomic E-state index is 14.0. The second kappa shape index (κ2) is 6.55. The number of rotatable bonds is 2. The zero-order valence-corrected chi connectivity index (χ0v) is 16.2. The molecular weight excluding hydrogens is 385 g/mol. The number of nitrogens with zero attached hydrogens (tertiary/aromatic N) is 2. The van der Waals surface area contributed by atoms with Crippen LogP contribution in [0.3, 0.4) is 0 Å². The topological polar surface area (TPSA) is 103 Å². The van der Waals surface area contributed by atoms with Gasteiger partial charge in [-0.25, -0.2) is 15.2 Å². The molecule has 8 heteroatoms. The fourth-order valence-electron chi connectivity index (χ4n) is 5.12. The highest BCUT2D eigenvalue weighted by Gasteiger charge is 2.67. The fraction of sp³-hybridized carbons (Fsp3) is 0.273. The molecule has 2 aromatic carbocycles. The van der Waals surface area contributed by atoms with Crippen molar-refractivity contribution in [1.82, 2.24) is 10.9 Å². The molecule has 3 aliphatic rings. The summed E-state index contributed by atoms with van der Waals surface area (Å²) in [6.07, 6.45) is -0.647. The molecule has 0 bridgehead atoms. The monoisotopic (exact) mass is 405 g/mol. The van der Waals surface area contributed by atoms with E-state index in [0.29, 0.717) is 6.54 Å². The van der Waals surface area contributed by atoms with Gasteiger partial charge in [-0.2, -0.15) is 5.26 Å². The van der Waals surface area contributed by atoms with Gasteiger partial charge < -0.3 is 15.4 Å². The van der Waals surface area contributed by atoms with Gasteiger partial charge in [-0.1, -0.05) is 30.3 Å². The van der Waals surface area contributed by atoms with Gasteiger partial charge in [0.15, 0.2) is 6.23 Å². The van der Waals surface area contributed by atoms with Gasteiger partial charge in [0.05, 0.1) is 12.0 Å². The largest absolute Gasteiger partial charge is 0.458 e. The lowest BCUT2D eigenvalue weighted by molar-refractivity contribution is -0.127. The summed E-state index contributed by atoms with van der Waals surface area (Å²) in [5.41, 5.74) is 13.5. The van der Waals surface area contributed by atoms with Gasteiger partial charge in [0, 0.05) is 12.2 Å². The minimum absolute atomic E-state index is 0.0612. The number of hydrogen-bond donors (Lipinski definition) is 3. The molecule has 3 heterocycles. The van der Waals surface area contributed by atoms with Crippen LogP contribution in [-0.4, -0.2) is 18.7 Å². The van der Waals surface area contributed by atoms with Gasteiger partial charge in [0.25, 0.3) is 0 Å². The molecule has 30 heavy (non-hydrogen) atoms. The summed E-state index contributed by atoms with van der Waals surface area (Å²) >= 11 is 0. The number of hydrogen-bond acceptors (Lipinski definition) is 6. The maximum Gasteiger partial charge on any atom is 0.243 e. The third-order valence-corrected chi connectivity index (χ3v) is 6.32. The number of para-hydroxylation sites is 1. The lowest BCUT2D eigenvalue weighted by Gasteiger charge is -2.42. The molecule has 5 rings (SSSR count). The van der Waals surface area contributed by atoms with Crippen molar-refractivity contribution in [3.8, 4) is 6.07 Å². The molecule has 152 valence electrons. The number of likely N-dealkylation sites (N-methyl/N-ethyl adjacent to an activating group) is 1. The third-order valence-electron chi connectivity index (χ3n) is 6.32. The Bertz CT molecular complexity index is 1110. The first-order valence-corrected chi connectivity index (χ1v) is 9.79. The summed E-state index contributed by atoms with van der Waals surface area (Å²) in [5.74, 6) is -1.14. The highest BCUT2D eigenvalue weighted by molar-refractivity contribution is 6.11. The van der Waals surface area contributed by atoms with E-state index in [-0.39, 0.29) is 23.2 Å². The maximum absolute atomic E-state index is 14.0. The van der Waals surface area contributed by atoms with Crippen molar-refractivity contribution in [2.75, 3.05) is 11.4 Å². The Morgan fingerprint density at radius 2 is 1.97 bits per heavy atom. The van der Waals surface area contributed by atoms with Gasteiger partial charge in [0.2, 0.25) is 11.8 Å². The first-order valence-electron chi connectivity index (χ1n) is 9.79. The second-order valence-corrected chi connectivity index (χ2v) is 7.61. The Hall–Kier alpha value is -3.41. The number of carbonyl (C=O) groups excluding carboxylic acids is 1. The van der Waals surface area contributed by atoms with E-state index in [1.807, 2.05) is 31.2 Å². The lowest BCUT2D eigenvalue weighted by Crippen LogP contribution is -2.56. The number of nitriles is 1. The quantitative estimate of drug-likeness (QED) is 0.706. The Labute approximate surface area is 172 Å².